The maximum Gasteiger partial charge on any atom is 0.267 e. The molecule has 0 aliphatic carbocycles. The molecule has 0 bridgehead atoms. The van der Waals surface area contributed by atoms with E-state index in [0.717, 1.165) is 5.82 Å². The molecule has 0 spiro atoms. The van der Waals surface area contributed by atoms with Gasteiger partial charge in [-0.3, -0.25) is 9.89 Å². The summed E-state index contributed by atoms with van der Waals surface area (Å²) in [7, 11) is 1.84. The van der Waals surface area contributed by atoms with Crippen molar-refractivity contribution in [2.75, 3.05) is 6.54 Å². The molecule has 2 aromatic rings. The van der Waals surface area contributed by atoms with Crippen LogP contribution in [0.4, 0.5) is 0 Å². The van der Waals surface area contributed by atoms with Crippen molar-refractivity contribution in [3.8, 4) is 0 Å². The minimum atomic E-state index is -0.0768. The number of carbonyl (C=O) groups is 1. The van der Waals surface area contributed by atoms with Crippen LogP contribution >= 0.6 is 0 Å². The molecular weight excluding hydrogens is 206 g/mol. The zero-order valence-electron chi connectivity index (χ0n) is 8.97. The summed E-state index contributed by atoms with van der Waals surface area (Å²) >= 11 is 0. The van der Waals surface area contributed by atoms with E-state index in [9.17, 15) is 4.79 Å². The fourth-order valence-electron chi connectivity index (χ4n) is 1.43. The fraction of sp³-hybridized carbons (Fsp3) is 0.300. The Morgan fingerprint density at radius 3 is 3.12 bits per heavy atom. The summed E-state index contributed by atoms with van der Waals surface area (Å²) in [5.74, 6) is 0.694. The standard InChI is InChI=1S/C10H13N5O/c1-15-6-2-3-8(15)10(16)11-5-4-9-12-7-13-14-9/h2-3,6-7H,4-5H2,1H3,(H,11,16)(H,12,13,14). The van der Waals surface area contributed by atoms with Gasteiger partial charge in [0.1, 0.15) is 17.8 Å². The van der Waals surface area contributed by atoms with E-state index >= 15 is 0 Å². The average Bonchev–Trinajstić information content (AvgIpc) is 2.88. The van der Waals surface area contributed by atoms with E-state index in [4.69, 9.17) is 0 Å². The van der Waals surface area contributed by atoms with Gasteiger partial charge in [-0.15, -0.1) is 0 Å². The van der Waals surface area contributed by atoms with Crippen LogP contribution in [0.25, 0.3) is 0 Å². The molecule has 6 nitrogen and oxygen atoms in total. The second-order valence-corrected chi connectivity index (χ2v) is 3.44. The SMILES string of the molecule is Cn1cccc1C(=O)NCCc1ncn[nH]1. The van der Waals surface area contributed by atoms with Crippen LogP contribution in [0, 0.1) is 0 Å². The van der Waals surface area contributed by atoms with Crippen molar-refractivity contribution in [1.29, 1.82) is 0 Å². The number of nitrogens with zero attached hydrogens (tertiary/aromatic N) is 3. The molecule has 0 aliphatic heterocycles. The van der Waals surface area contributed by atoms with Crippen LogP contribution in [-0.2, 0) is 13.5 Å². The molecule has 0 atom stereocenters. The maximum absolute atomic E-state index is 11.7. The van der Waals surface area contributed by atoms with Gasteiger partial charge in [0.25, 0.3) is 5.91 Å². The van der Waals surface area contributed by atoms with Crippen molar-refractivity contribution in [2.45, 2.75) is 6.42 Å². The molecule has 16 heavy (non-hydrogen) atoms. The molecule has 0 fully saturated rings. The molecule has 2 aromatic heterocycles. The van der Waals surface area contributed by atoms with E-state index in [2.05, 4.69) is 20.5 Å². The molecule has 0 aliphatic rings. The smallest absolute Gasteiger partial charge is 0.267 e. The van der Waals surface area contributed by atoms with Crippen molar-refractivity contribution in [3.63, 3.8) is 0 Å². The van der Waals surface area contributed by atoms with Crippen LogP contribution in [0.3, 0.4) is 0 Å². The summed E-state index contributed by atoms with van der Waals surface area (Å²) in [5, 5.41) is 9.29. The normalized spacial score (nSPS) is 10.3. The summed E-state index contributed by atoms with van der Waals surface area (Å²) in [6.07, 6.45) is 3.94. The molecule has 0 radical (unpaired) electrons. The number of nitrogens with one attached hydrogen (secondary N) is 2. The molecule has 6 heteroatoms. The predicted octanol–water partition coefficient (Wildman–Crippen LogP) is 0.116. The molecule has 0 aromatic carbocycles. The highest BCUT2D eigenvalue weighted by molar-refractivity contribution is 5.92. The first-order chi connectivity index (χ1) is 7.77. The van der Waals surface area contributed by atoms with Gasteiger partial charge in [0.2, 0.25) is 0 Å². The van der Waals surface area contributed by atoms with Crippen LogP contribution in [0.2, 0.25) is 0 Å². The summed E-state index contributed by atoms with van der Waals surface area (Å²) in [4.78, 5) is 15.6. The average molecular weight is 219 g/mol. The summed E-state index contributed by atoms with van der Waals surface area (Å²) < 4.78 is 1.78. The summed E-state index contributed by atoms with van der Waals surface area (Å²) in [6.45, 7) is 0.541. The van der Waals surface area contributed by atoms with Crippen LogP contribution in [-0.4, -0.2) is 32.2 Å². The lowest BCUT2D eigenvalue weighted by atomic mass is 10.3. The van der Waals surface area contributed by atoms with Gasteiger partial charge >= 0.3 is 0 Å². The van der Waals surface area contributed by atoms with Gasteiger partial charge in [-0.2, -0.15) is 5.10 Å². The minimum absolute atomic E-state index is 0.0768. The molecule has 0 saturated heterocycles. The summed E-state index contributed by atoms with van der Waals surface area (Å²) in [6, 6.07) is 3.62. The lowest BCUT2D eigenvalue weighted by Crippen LogP contribution is -2.27. The highest BCUT2D eigenvalue weighted by Crippen LogP contribution is 1.98. The molecule has 2 N–H and O–H groups in total. The Bertz CT molecular complexity index is 459. The first-order valence-electron chi connectivity index (χ1n) is 5.01. The van der Waals surface area contributed by atoms with Crippen molar-refractivity contribution in [3.05, 3.63) is 36.2 Å². The summed E-state index contributed by atoms with van der Waals surface area (Å²) in [5.41, 5.74) is 0.651. The number of amides is 1. The molecule has 84 valence electrons. The van der Waals surface area contributed by atoms with Crippen molar-refractivity contribution in [1.82, 2.24) is 25.1 Å². The third-order valence-corrected chi connectivity index (χ3v) is 2.29. The van der Waals surface area contributed by atoms with Crippen LogP contribution < -0.4 is 5.32 Å². The Labute approximate surface area is 92.7 Å². The first-order valence-corrected chi connectivity index (χ1v) is 5.01. The molecule has 2 heterocycles. The molecule has 2 rings (SSSR count). The lowest BCUT2D eigenvalue weighted by molar-refractivity contribution is 0.0946. The Morgan fingerprint density at radius 2 is 2.50 bits per heavy atom. The molecule has 0 unspecified atom stereocenters. The zero-order valence-corrected chi connectivity index (χ0v) is 8.97. The van der Waals surface area contributed by atoms with E-state index in [1.807, 2.05) is 19.3 Å². The van der Waals surface area contributed by atoms with Gasteiger partial charge < -0.3 is 9.88 Å². The van der Waals surface area contributed by atoms with E-state index in [1.54, 1.807) is 10.6 Å². The van der Waals surface area contributed by atoms with E-state index in [-0.39, 0.29) is 5.91 Å². The molecule has 0 saturated carbocycles. The van der Waals surface area contributed by atoms with Gasteiger partial charge in [0.05, 0.1) is 0 Å². The monoisotopic (exact) mass is 219 g/mol. The van der Waals surface area contributed by atoms with Crippen LogP contribution in [0.1, 0.15) is 16.3 Å². The Hall–Kier alpha value is -2.11. The maximum atomic E-state index is 11.7. The van der Waals surface area contributed by atoms with Gasteiger partial charge in [-0.25, -0.2) is 4.98 Å². The third kappa shape index (κ3) is 2.28. The molecular formula is C10H13N5O. The quantitative estimate of drug-likeness (QED) is 0.766. The number of aromatic amines is 1. The second-order valence-electron chi connectivity index (χ2n) is 3.44. The highest BCUT2D eigenvalue weighted by Gasteiger charge is 2.07. The number of hydrogen-bond donors (Lipinski definition) is 2. The van der Waals surface area contributed by atoms with E-state index in [1.165, 1.54) is 6.33 Å². The number of aryl methyl sites for hydroxylation is 1. The van der Waals surface area contributed by atoms with Gasteiger partial charge in [0.15, 0.2) is 0 Å². The van der Waals surface area contributed by atoms with Crippen LogP contribution in [0.15, 0.2) is 24.7 Å². The Kier molecular flexibility index (Phi) is 3.00. The van der Waals surface area contributed by atoms with Crippen molar-refractivity contribution < 1.29 is 4.79 Å². The number of rotatable bonds is 4. The van der Waals surface area contributed by atoms with Gasteiger partial charge in [-0.1, -0.05) is 0 Å². The van der Waals surface area contributed by atoms with Crippen molar-refractivity contribution in [2.24, 2.45) is 7.05 Å². The topological polar surface area (TPSA) is 75.6 Å². The Balaban J connectivity index is 1.83. The number of carbonyl (C=O) groups excluding carboxylic acids is 1. The largest absolute Gasteiger partial charge is 0.350 e. The van der Waals surface area contributed by atoms with E-state index in [0.29, 0.717) is 18.7 Å². The van der Waals surface area contributed by atoms with Gasteiger partial charge in [0, 0.05) is 26.2 Å². The minimum Gasteiger partial charge on any atom is -0.350 e. The van der Waals surface area contributed by atoms with Gasteiger partial charge in [-0.05, 0) is 12.1 Å². The Morgan fingerprint density at radius 1 is 1.62 bits per heavy atom. The van der Waals surface area contributed by atoms with Crippen LogP contribution in [0.5, 0.6) is 0 Å². The zero-order chi connectivity index (χ0) is 11.4. The highest BCUT2D eigenvalue weighted by atomic mass is 16.1. The third-order valence-electron chi connectivity index (χ3n) is 2.29. The van der Waals surface area contributed by atoms with E-state index < -0.39 is 0 Å². The predicted molar refractivity (Wildman–Crippen MR) is 57.8 cm³/mol. The number of hydrogen-bond acceptors (Lipinski definition) is 3. The fourth-order valence-corrected chi connectivity index (χ4v) is 1.43. The first kappa shape index (κ1) is 10.4. The number of H-pyrrole nitrogens is 1. The van der Waals surface area contributed by atoms with Crippen molar-refractivity contribution >= 4 is 5.91 Å². The number of aromatic nitrogens is 4. The lowest BCUT2D eigenvalue weighted by Gasteiger charge is -2.04. The second kappa shape index (κ2) is 4.61. The molecule has 1 amide bonds.